The fourth-order valence-corrected chi connectivity index (χ4v) is 4.44. The Balaban J connectivity index is 1.44. The van der Waals surface area contributed by atoms with E-state index in [-0.39, 0.29) is 40.3 Å². The quantitative estimate of drug-likeness (QED) is 0.603. The number of pyridine rings is 1. The van der Waals surface area contributed by atoms with Crippen molar-refractivity contribution in [2.45, 2.75) is 57.2 Å². The molecule has 2 aromatic heterocycles. The van der Waals surface area contributed by atoms with Crippen molar-refractivity contribution >= 4 is 5.82 Å². The Labute approximate surface area is 187 Å². The van der Waals surface area contributed by atoms with E-state index in [0.717, 1.165) is 42.4 Å². The van der Waals surface area contributed by atoms with Crippen LogP contribution in [0.1, 0.15) is 32.1 Å². The van der Waals surface area contributed by atoms with Gasteiger partial charge in [0.2, 0.25) is 0 Å². The van der Waals surface area contributed by atoms with Crippen molar-refractivity contribution in [3.8, 4) is 28.3 Å². The van der Waals surface area contributed by atoms with Gasteiger partial charge in [-0.25, -0.2) is 18.2 Å². The van der Waals surface area contributed by atoms with E-state index in [1.807, 2.05) is 4.90 Å². The van der Waals surface area contributed by atoms with Gasteiger partial charge in [-0.15, -0.1) is 10.2 Å². The predicted molar refractivity (Wildman–Crippen MR) is 116 cm³/mol. The highest BCUT2D eigenvalue weighted by atomic mass is 19.1. The molecule has 33 heavy (non-hydrogen) atoms. The second-order valence-electron chi connectivity index (χ2n) is 8.48. The van der Waals surface area contributed by atoms with Gasteiger partial charge < -0.3 is 10.0 Å². The van der Waals surface area contributed by atoms with Crippen LogP contribution in [0, 0.1) is 5.82 Å². The SMILES string of the molecule is O=c1cc(-c2cc(O)c(-c3ncc(N(C4CC4)C4CCCC4F)nn3)cc2F)ccn1CF. The Morgan fingerprint density at radius 2 is 1.94 bits per heavy atom. The highest BCUT2D eigenvalue weighted by molar-refractivity contribution is 5.73. The first-order valence-corrected chi connectivity index (χ1v) is 10.9. The molecular weight excluding hydrogens is 435 g/mol. The van der Waals surface area contributed by atoms with Crippen LogP contribution in [-0.2, 0) is 6.80 Å². The minimum absolute atomic E-state index is 0.0148. The predicted octanol–water partition coefficient (Wildman–Crippen LogP) is 4.00. The lowest BCUT2D eigenvalue weighted by atomic mass is 10.0. The molecule has 2 heterocycles. The van der Waals surface area contributed by atoms with Gasteiger partial charge in [0, 0.05) is 23.9 Å². The van der Waals surface area contributed by atoms with Gasteiger partial charge in [0.15, 0.2) is 18.4 Å². The molecule has 0 amide bonds. The van der Waals surface area contributed by atoms with E-state index in [4.69, 9.17) is 0 Å². The summed E-state index contributed by atoms with van der Waals surface area (Å²) >= 11 is 0. The van der Waals surface area contributed by atoms with Crippen LogP contribution in [0.3, 0.4) is 0 Å². The topological polar surface area (TPSA) is 84.1 Å². The molecule has 0 radical (unpaired) electrons. The summed E-state index contributed by atoms with van der Waals surface area (Å²) in [5.41, 5.74) is -0.399. The van der Waals surface area contributed by atoms with Gasteiger partial charge in [-0.3, -0.25) is 9.36 Å². The van der Waals surface area contributed by atoms with Crippen LogP contribution in [0.2, 0.25) is 0 Å². The van der Waals surface area contributed by atoms with Crippen LogP contribution in [0.25, 0.3) is 22.5 Å². The molecule has 7 nitrogen and oxygen atoms in total. The molecule has 2 aliphatic rings. The van der Waals surface area contributed by atoms with Gasteiger partial charge in [-0.05, 0) is 55.9 Å². The third-order valence-corrected chi connectivity index (χ3v) is 6.27. The zero-order valence-electron chi connectivity index (χ0n) is 17.7. The van der Waals surface area contributed by atoms with Crippen molar-refractivity contribution in [1.29, 1.82) is 0 Å². The van der Waals surface area contributed by atoms with E-state index in [9.17, 15) is 23.1 Å². The maximum Gasteiger partial charge on any atom is 0.253 e. The Kier molecular flexibility index (Phi) is 5.51. The van der Waals surface area contributed by atoms with Crippen LogP contribution in [-0.4, -0.2) is 43.1 Å². The average Bonchev–Trinajstić information content (AvgIpc) is 3.56. The van der Waals surface area contributed by atoms with Crippen LogP contribution < -0.4 is 10.5 Å². The number of hydrogen-bond acceptors (Lipinski definition) is 6. The van der Waals surface area contributed by atoms with E-state index in [2.05, 4.69) is 15.2 Å². The summed E-state index contributed by atoms with van der Waals surface area (Å²) in [5.74, 6) is -0.512. The van der Waals surface area contributed by atoms with Crippen LogP contribution >= 0.6 is 0 Å². The van der Waals surface area contributed by atoms with Crippen molar-refractivity contribution in [3.63, 3.8) is 0 Å². The minimum Gasteiger partial charge on any atom is -0.507 e. The summed E-state index contributed by atoms with van der Waals surface area (Å²) in [7, 11) is 0. The highest BCUT2D eigenvalue weighted by Gasteiger charge is 2.41. The smallest absolute Gasteiger partial charge is 0.253 e. The number of alkyl halides is 2. The number of aromatic hydroxyl groups is 1. The van der Waals surface area contributed by atoms with Gasteiger partial charge in [0.1, 0.15) is 17.7 Å². The molecule has 10 heteroatoms. The molecule has 2 saturated carbocycles. The van der Waals surface area contributed by atoms with E-state index in [1.54, 1.807) is 0 Å². The lowest BCUT2D eigenvalue weighted by Gasteiger charge is -2.30. The molecule has 2 atom stereocenters. The second-order valence-corrected chi connectivity index (χ2v) is 8.48. The van der Waals surface area contributed by atoms with E-state index in [1.165, 1.54) is 24.5 Å². The van der Waals surface area contributed by atoms with E-state index >= 15 is 0 Å². The van der Waals surface area contributed by atoms with Crippen LogP contribution in [0.15, 0.2) is 41.5 Å². The molecule has 0 spiro atoms. The molecule has 172 valence electrons. The first-order chi connectivity index (χ1) is 16.0. The molecule has 0 aliphatic heterocycles. The van der Waals surface area contributed by atoms with Crippen molar-refractivity contribution in [2.75, 3.05) is 4.90 Å². The maximum atomic E-state index is 14.9. The van der Waals surface area contributed by atoms with Crippen molar-refractivity contribution in [1.82, 2.24) is 19.7 Å². The largest absolute Gasteiger partial charge is 0.507 e. The minimum atomic E-state index is -0.989. The van der Waals surface area contributed by atoms with E-state index in [0.29, 0.717) is 12.2 Å². The number of nitrogens with zero attached hydrogens (tertiary/aromatic N) is 5. The van der Waals surface area contributed by atoms with Crippen LogP contribution in [0.4, 0.5) is 19.0 Å². The molecule has 3 aromatic rings. The molecule has 1 aromatic carbocycles. The molecule has 2 fully saturated rings. The lowest BCUT2D eigenvalue weighted by Crippen LogP contribution is -2.41. The fourth-order valence-electron chi connectivity index (χ4n) is 4.44. The Bertz CT molecular complexity index is 1230. The summed E-state index contributed by atoms with van der Waals surface area (Å²) in [5, 5.41) is 18.8. The number of phenolic OH excluding ortho intramolecular Hbond substituents is 1. The van der Waals surface area contributed by atoms with Gasteiger partial charge in [-0.1, -0.05) is 0 Å². The second kappa shape index (κ2) is 8.49. The summed E-state index contributed by atoms with van der Waals surface area (Å²) in [6.07, 6.45) is 5.84. The first-order valence-electron chi connectivity index (χ1n) is 10.9. The fraction of sp³-hybridized carbons (Fsp3) is 0.391. The number of anilines is 1. The average molecular weight is 457 g/mol. The Morgan fingerprint density at radius 3 is 2.55 bits per heavy atom. The number of halogens is 3. The first kappa shape index (κ1) is 21.4. The van der Waals surface area contributed by atoms with Gasteiger partial charge in [0.25, 0.3) is 5.56 Å². The zero-order valence-corrected chi connectivity index (χ0v) is 17.7. The third kappa shape index (κ3) is 4.05. The number of benzene rings is 1. The Hall–Kier alpha value is -3.43. The van der Waals surface area contributed by atoms with Crippen molar-refractivity contribution < 1.29 is 18.3 Å². The van der Waals surface area contributed by atoms with Crippen LogP contribution in [0.5, 0.6) is 5.75 Å². The van der Waals surface area contributed by atoms with Gasteiger partial charge >= 0.3 is 0 Å². The molecule has 5 rings (SSSR count). The maximum absolute atomic E-state index is 14.9. The summed E-state index contributed by atoms with van der Waals surface area (Å²) < 4.78 is 42.8. The number of aromatic nitrogens is 4. The monoisotopic (exact) mass is 457 g/mol. The third-order valence-electron chi connectivity index (χ3n) is 6.27. The highest BCUT2D eigenvalue weighted by Crippen LogP contribution is 2.39. The summed E-state index contributed by atoms with van der Waals surface area (Å²) in [6.45, 7) is -0.989. The normalized spacial score (nSPS) is 20.2. The van der Waals surface area contributed by atoms with Crippen molar-refractivity contribution in [2.24, 2.45) is 0 Å². The van der Waals surface area contributed by atoms with Crippen molar-refractivity contribution in [3.05, 3.63) is 52.8 Å². The molecule has 2 aliphatic carbocycles. The molecule has 0 bridgehead atoms. The number of phenols is 1. The molecule has 1 N–H and O–H groups in total. The van der Waals surface area contributed by atoms with E-state index < -0.39 is 24.3 Å². The lowest BCUT2D eigenvalue weighted by molar-refractivity contribution is 0.299. The van der Waals surface area contributed by atoms with Gasteiger partial charge in [0.05, 0.1) is 17.8 Å². The zero-order chi connectivity index (χ0) is 23.1. The molecular formula is C23H22F3N5O2. The van der Waals surface area contributed by atoms with Gasteiger partial charge in [-0.2, -0.15) is 0 Å². The molecule has 0 saturated heterocycles. The summed E-state index contributed by atoms with van der Waals surface area (Å²) in [6, 6.07) is 4.70. The number of rotatable bonds is 6. The summed E-state index contributed by atoms with van der Waals surface area (Å²) in [4.78, 5) is 18.1. The molecule has 2 unspecified atom stereocenters. The Morgan fingerprint density at radius 1 is 1.12 bits per heavy atom. The standard InChI is InChI=1S/C23H22F3N5O2/c24-12-30-7-6-13(8-22(30)33)15-10-20(32)16(9-18(15)26)23-27-11-21(28-29-23)31(14-4-5-14)19-3-1-2-17(19)25/h6-11,14,17,19,32H,1-5,12H2. The number of hydrogen-bond donors (Lipinski definition) is 1.